The minimum Gasteiger partial charge on any atom is -0.366 e. The fraction of sp³-hybridized carbons (Fsp3) is 0.692. The number of H-pyrrole nitrogens is 1. The monoisotopic (exact) mass is 285 g/mol. The third-order valence-electron chi connectivity index (χ3n) is 3.52. The lowest BCUT2D eigenvalue weighted by molar-refractivity contribution is 0.312. The van der Waals surface area contributed by atoms with E-state index >= 15 is 0 Å². The zero-order valence-corrected chi connectivity index (χ0v) is 12.2. The van der Waals surface area contributed by atoms with Gasteiger partial charge in [-0.15, -0.1) is 0 Å². The molecule has 1 aromatic heterocycles. The van der Waals surface area contributed by atoms with Crippen molar-refractivity contribution in [2.45, 2.75) is 43.5 Å². The van der Waals surface area contributed by atoms with Gasteiger partial charge >= 0.3 is 0 Å². The van der Waals surface area contributed by atoms with Crippen molar-refractivity contribution < 1.29 is 8.42 Å². The van der Waals surface area contributed by atoms with Gasteiger partial charge in [0.15, 0.2) is 0 Å². The number of sulfonamides is 1. The average molecular weight is 285 g/mol. The molecule has 0 bridgehead atoms. The van der Waals surface area contributed by atoms with Crippen molar-refractivity contribution in [3.8, 4) is 0 Å². The second-order valence-corrected chi connectivity index (χ2v) is 6.99. The molecule has 0 aromatic carbocycles. The van der Waals surface area contributed by atoms with Crippen LogP contribution in [0.15, 0.2) is 23.4 Å². The number of nitrogens with zero attached hydrogens (tertiary/aromatic N) is 1. The van der Waals surface area contributed by atoms with E-state index in [-0.39, 0.29) is 6.04 Å². The van der Waals surface area contributed by atoms with Crippen LogP contribution in [-0.4, -0.2) is 43.4 Å². The Morgan fingerprint density at radius 2 is 2.26 bits per heavy atom. The molecule has 1 atom stereocenters. The SMILES string of the molecule is CCCN(CC1CCCCN1)S(=O)(=O)c1cc[nH]c1. The topological polar surface area (TPSA) is 65.2 Å². The van der Waals surface area contributed by atoms with Gasteiger partial charge in [-0.2, -0.15) is 4.31 Å². The molecule has 0 spiro atoms. The Labute approximate surface area is 115 Å². The number of rotatable bonds is 6. The lowest BCUT2D eigenvalue weighted by Gasteiger charge is -2.29. The molecule has 1 aliphatic rings. The zero-order chi connectivity index (χ0) is 13.7. The van der Waals surface area contributed by atoms with Crippen LogP contribution in [-0.2, 0) is 10.0 Å². The van der Waals surface area contributed by atoms with E-state index in [9.17, 15) is 8.42 Å². The molecule has 1 aromatic rings. The molecule has 2 N–H and O–H groups in total. The first-order chi connectivity index (χ1) is 9.14. The van der Waals surface area contributed by atoms with E-state index in [0.29, 0.717) is 18.0 Å². The standard InChI is InChI=1S/C13H23N3O2S/c1-2-9-16(11-12-5-3-4-7-15-12)19(17,18)13-6-8-14-10-13/h6,8,10,12,14-15H,2-5,7,9,11H2,1H3. The molecule has 6 heteroatoms. The molecule has 108 valence electrons. The molecule has 0 saturated carbocycles. The molecule has 1 aliphatic heterocycles. The average Bonchev–Trinajstić information content (AvgIpc) is 2.94. The minimum absolute atomic E-state index is 0.286. The van der Waals surface area contributed by atoms with E-state index in [2.05, 4.69) is 10.3 Å². The van der Waals surface area contributed by atoms with Crippen LogP contribution in [0.1, 0.15) is 32.6 Å². The van der Waals surface area contributed by atoms with Gasteiger partial charge in [-0.25, -0.2) is 8.42 Å². The molecule has 0 radical (unpaired) electrons. The molecule has 0 aliphatic carbocycles. The van der Waals surface area contributed by atoms with Crippen LogP contribution in [0.4, 0.5) is 0 Å². The van der Waals surface area contributed by atoms with Gasteiger partial charge in [0, 0.05) is 31.5 Å². The van der Waals surface area contributed by atoms with E-state index in [0.717, 1.165) is 19.4 Å². The van der Waals surface area contributed by atoms with Gasteiger partial charge in [-0.3, -0.25) is 0 Å². The highest BCUT2D eigenvalue weighted by molar-refractivity contribution is 7.89. The molecule has 2 rings (SSSR count). The number of nitrogens with one attached hydrogen (secondary N) is 2. The van der Waals surface area contributed by atoms with Gasteiger partial charge in [0.1, 0.15) is 0 Å². The van der Waals surface area contributed by atoms with Gasteiger partial charge in [0.05, 0.1) is 4.90 Å². The van der Waals surface area contributed by atoms with Crippen LogP contribution in [0.3, 0.4) is 0 Å². The fourth-order valence-electron chi connectivity index (χ4n) is 2.50. The van der Waals surface area contributed by atoms with Gasteiger partial charge in [0.25, 0.3) is 0 Å². The molecule has 5 nitrogen and oxygen atoms in total. The van der Waals surface area contributed by atoms with Crippen molar-refractivity contribution in [2.24, 2.45) is 0 Å². The van der Waals surface area contributed by atoms with Crippen molar-refractivity contribution in [1.82, 2.24) is 14.6 Å². The normalized spacial score (nSPS) is 20.8. The van der Waals surface area contributed by atoms with E-state index in [1.165, 1.54) is 12.8 Å². The summed E-state index contributed by atoms with van der Waals surface area (Å²) in [6.07, 6.45) is 7.46. The van der Waals surface area contributed by atoms with Crippen molar-refractivity contribution >= 4 is 10.0 Å². The highest BCUT2D eigenvalue weighted by Gasteiger charge is 2.27. The molecular formula is C13H23N3O2S. The predicted molar refractivity (Wildman–Crippen MR) is 75.5 cm³/mol. The summed E-state index contributed by atoms with van der Waals surface area (Å²) in [4.78, 5) is 3.17. The number of hydrogen-bond acceptors (Lipinski definition) is 3. The molecule has 2 heterocycles. The first kappa shape index (κ1) is 14.6. The smallest absolute Gasteiger partial charge is 0.244 e. The summed E-state index contributed by atoms with van der Waals surface area (Å²) >= 11 is 0. The third kappa shape index (κ3) is 3.58. The second-order valence-electron chi connectivity index (χ2n) is 5.06. The number of piperidine rings is 1. The summed E-state index contributed by atoms with van der Waals surface area (Å²) in [5, 5.41) is 3.41. The van der Waals surface area contributed by atoms with E-state index in [1.807, 2.05) is 6.92 Å². The van der Waals surface area contributed by atoms with E-state index in [4.69, 9.17) is 0 Å². The lowest BCUT2D eigenvalue weighted by atomic mass is 10.1. The Morgan fingerprint density at radius 1 is 1.42 bits per heavy atom. The van der Waals surface area contributed by atoms with Crippen molar-refractivity contribution in [3.63, 3.8) is 0 Å². The predicted octanol–water partition coefficient (Wildman–Crippen LogP) is 1.56. The van der Waals surface area contributed by atoms with Crippen LogP contribution < -0.4 is 5.32 Å². The van der Waals surface area contributed by atoms with Gasteiger partial charge in [-0.1, -0.05) is 13.3 Å². The van der Waals surface area contributed by atoms with Gasteiger partial charge in [0.2, 0.25) is 10.0 Å². The summed E-state index contributed by atoms with van der Waals surface area (Å²) in [7, 11) is -3.36. The molecule has 0 amide bonds. The zero-order valence-electron chi connectivity index (χ0n) is 11.4. The van der Waals surface area contributed by atoms with Crippen LogP contribution >= 0.6 is 0 Å². The molecule has 1 unspecified atom stereocenters. The summed E-state index contributed by atoms with van der Waals surface area (Å²) < 4.78 is 26.7. The maximum absolute atomic E-state index is 12.5. The Bertz CT molecular complexity index is 464. The van der Waals surface area contributed by atoms with Crippen LogP contribution in [0, 0.1) is 0 Å². The maximum Gasteiger partial charge on any atom is 0.244 e. The number of hydrogen-bond donors (Lipinski definition) is 2. The Morgan fingerprint density at radius 3 is 2.84 bits per heavy atom. The Hall–Kier alpha value is -0.850. The van der Waals surface area contributed by atoms with E-state index in [1.54, 1.807) is 22.8 Å². The molecule has 19 heavy (non-hydrogen) atoms. The highest BCUT2D eigenvalue weighted by atomic mass is 32.2. The van der Waals surface area contributed by atoms with Gasteiger partial charge in [-0.05, 0) is 31.9 Å². The number of aromatic amines is 1. The Balaban J connectivity index is 2.10. The third-order valence-corrected chi connectivity index (χ3v) is 5.38. The summed E-state index contributed by atoms with van der Waals surface area (Å²) in [6.45, 7) is 4.15. The van der Waals surface area contributed by atoms with Gasteiger partial charge < -0.3 is 10.3 Å². The van der Waals surface area contributed by atoms with Crippen molar-refractivity contribution in [1.29, 1.82) is 0 Å². The van der Waals surface area contributed by atoms with Crippen LogP contribution in [0.2, 0.25) is 0 Å². The van der Waals surface area contributed by atoms with Crippen molar-refractivity contribution in [2.75, 3.05) is 19.6 Å². The highest BCUT2D eigenvalue weighted by Crippen LogP contribution is 2.17. The largest absolute Gasteiger partial charge is 0.366 e. The summed E-state index contributed by atoms with van der Waals surface area (Å²) in [5.41, 5.74) is 0. The minimum atomic E-state index is -3.36. The first-order valence-electron chi connectivity index (χ1n) is 7.01. The summed E-state index contributed by atoms with van der Waals surface area (Å²) in [6, 6.07) is 1.90. The molecule has 1 fully saturated rings. The fourth-order valence-corrected chi connectivity index (χ4v) is 4.06. The Kier molecular flexibility index (Phi) is 5.01. The van der Waals surface area contributed by atoms with Crippen LogP contribution in [0.25, 0.3) is 0 Å². The van der Waals surface area contributed by atoms with E-state index < -0.39 is 10.0 Å². The van der Waals surface area contributed by atoms with Crippen LogP contribution in [0.5, 0.6) is 0 Å². The van der Waals surface area contributed by atoms with Crippen molar-refractivity contribution in [3.05, 3.63) is 18.5 Å². The first-order valence-corrected chi connectivity index (χ1v) is 8.45. The second kappa shape index (κ2) is 6.54. The number of aromatic nitrogens is 1. The quantitative estimate of drug-likeness (QED) is 0.833. The maximum atomic E-state index is 12.5. The summed E-state index contributed by atoms with van der Waals surface area (Å²) in [5.74, 6) is 0. The lowest BCUT2D eigenvalue weighted by Crippen LogP contribution is -2.45. The molecular weight excluding hydrogens is 262 g/mol. The molecule has 1 saturated heterocycles.